The number of carboxylic acids is 1. The number of rotatable bonds is 4. The molecule has 0 aliphatic heterocycles. The van der Waals surface area contributed by atoms with Crippen molar-refractivity contribution >= 4 is 21.2 Å². The van der Waals surface area contributed by atoms with Crippen molar-refractivity contribution in [3.63, 3.8) is 0 Å². The first-order chi connectivity index (χ1) is 6.00. The summed E-state index contributed by atoms with van der Waals surface area (Å²) in [5.74, 6) is -2.21. The van der Waals surface area contributed by atoms with Crippen LogP contribution < -0.4 is 0 Å². The summed E-state index contributed by atoms with van der Waals surface area (Å²) in [6.45, 7) is 0.978. The lowest BCUT2D eigenvalue weighted by Crippen LogP contribution is -2.37. The van der Waals surface area contributed by atoms with E-state index >= 15 is 0 Å². The molecule has 0 aromatic heterocycles. The Kier molecular flexibility index (Phi) is 3.67. The molecule has 0 aromatic carbocycles. The molecular formula is C4H10O8P2. The minimum atomic E-state index is -5.45. The molecule has 8 nitrogen and oxygen atoms in total. The normalized spacial score (nSPS) is 14.1. The molecule has 0 bridgehead atoms. The molecule has 0 saturated carbocycles. The summed E-state index contributed by atoms with van der Waals surface area (Å²) in [6, 6.07) is 0. The lowest BCUT2D eigenvalue weighted by atomic mass is 10.3. The summed E-state index contributed by atoms with van der Waals surface area (Å²) in [5, 5.41) is 8.51. The van der Waals surface area contributed by atoms with Gasteiger partial charge < -0.3 is 24.7 Å². The Morgan fingerprint density at radius 3 is 1.43 bits per heavy atom. The highest BCUT2D eigenvalue weighted by atomic mass is 31.2. The van der Waals surface area contributed by atoms with Crippen molar-refractivity contribution in [3.8, 4) is 0 Å². The van der Waals surface area contributed by atoms with E-state index < -0.39 is 32.5 Å². The molecule has 0 aliphatic rings. The zero-order valence-corrected chi connectivity index (χ0v) is 8.85. The second-order valence-corrected chi connectivity index (χ2v) is 6.62. The van der Waals surface area contributed by atoms with E-state index in [4.69, 9.17) is 24.7 Å². The Morgan fingerprint density at radius 2 is 1.43 bits per heavy atom. The van der Waals surface area contributed by atoms with E-state index in [0.717, 1.165) is 6.92 Å². The molecule has 14 heavy (non-hydrogen) atoms. The topological polar surface area (TPSA) is 152 Å². The van der Waals surface area contributed by atoms with Gasteiger partial charge >= 0.3 is 21.2 Å². The van der Waals surface area contributed by atoms with Gasteiger partial charge in [-0.05, 0) is 6.42 Å². The lowest BCUT2D eigenvalue weighted by molar-refractivity contribution is -0.138. The van der Waals surface area contributed by atoms with E-state index in [1.54, 1.807) is 0 Å². The zero-order valence-electron chi connectivity index (χ0n) is 7.06. The third-order valence-corrected chi connectivity index (χ3v) is 6.31. The van der Waals surface area contributed by atoms with Gasteiger partial charge in [0.2, 0.25) is 0 Å². The third kappa shape index (κ3) is 1.91. The standard InChI is InChI=1S/C4H10O8P2/c1-2-4(3(5)6,13(7,8)9)14(10,11)12/h2H2,1H3,(H,5,6)(H2,7,8,9)(H2,10,11,12). The number of hydrogen-bond acceptors (Lipinski definition) is 3. The van der Waals surface area contributed by atoms with Crippen LogP contribution in [-0.4, -0.2) is 35.5 Å². The summed E-state index contributed by atoms with van der Waals surface area (Å²) < 4.78 is 21.6. The molecule has 0 radical (unpaired) electrons. The van der Waals surface area contributed by atoms with Crippen molar-refractivity contribution < 1.29 is 38.6 Å². The molecule has 0 rings (SSSR count). The van der Waals surface area contributed by atoms with Crippen molar-refractivity contribution in [2.45, 2.75) is 18.2 Å². The summed E-state index contributed by atoms with van der Waals surface area (Å²) in [7, 11) is -10.9. The van der Waals surface area contributed by atoms with Crippen molar-refractivity contribution in [2.75, 3.05) is 0 Å². The first kappa shape index (κ1) is 13.8. The van der Waals surface area contributed by atoms with Crippen molar-refractivity contribution in [1.82, 2.24) is 0 Å². The second-order valence-electron chi connectivity index (χ2n) is 2.56. The van der Waals surface area contributed by atoms with Gasteiger partial charge in [-0.15, -0.1) is 0 Å². The van der Waals surface area contributed by atoms with Gasteiger partial charge in [0.25, 0.3) is 4.90 Å². The third-order valence-electron chi connectivity index (χ3n) is 1.80. The van der Waals surface area contributed by atoms with Crippen molar-refractivity contribution in [3.05, 3.63) is 0 Å². The van der Waals surface area contributed by atoms with Gasteiger partial charge in [-0.25, -0.2) is 0 Å². The maximum Gasteiger partial charge on any atom is 0.355 e. The fraction of sp³-hybridized carbons (Fsp3) is 0.750. The highest BCUT2D eigenvalue weighted by molar-refractivity contribution is 7.74. The number of aliphatic carboxylic acids is 1. The summed E-state index contributed by atoms with van der Waals surface area (Å²) in [6.07, 6.45) is -0.864. The number of carboxylic acid groups (broad SMARTS) is 1. The summed E-state index contributed by atoms with van der Waals surface area (Å²) in [5.41, 5.74) is 0. The van der Waals surface area contributed by atoms with Gasteiger partial charge in [0, 0.05) is 0 Å². The minimum absolute atomic E-state index is 0.864. The fourth-order valence-corrected chi connectivity index (χ4v) is 3.66. The smallest absolute Gasteiger partial charge is 0.355 e. The predicted molar refractivity (Wildman–Crippen MR) is 44.7 cm³/mol. The molecule has 0 amide bonds. The van der Waals surface area contributed by atoms with Crippen LogP contribution in [0.15, 0.2) is 0 Å². The Bertz CT molecular complexity index is 300. The van der Waals surface area contributed by atoms with E-state index in [9.17, 15) is 13.9 Å². The molecule has 84 valence electrons. The average Bonchev–Trinajstić information content (AvgIpc) is 1.80. The van der Waals surface area contributed by atoms with Crippen LogP contribution in [0, 0.1) is 0 Å². The van der Waals surface area contributed by atoms with Crippen molar-refractivity contribution in [1.29, 1.82) is 0 Å². The SMILES string of the molecule is CCC(C(=O)O)(P(=O)(O)O)P(=O)(O)O. The Morgan fingerprint density at radius 1 is 1.14 bits per heavy atom. The molecule has 0 saturated heterocycles. The molecule has 0 heterocycles. The van der Waals surface area contributed by atoms with Crippen LogP contribution in [-0.2, 0) is 13.9 Å². The first-order valence-corrected chi connectivity index (χ1v) is 6.58. The van der Waals surface area contributed by atoms with E-state index in [1.165, 1.54) is 0 Å². The van der Waals surface area contributed by atoms with Gasteiger partial charge in [-0.1, -0.05) is 6.92 Å². The Hall–Kier alpha value is -0.230. The molecule has 0 aromatic rings. The van der Waals surface area contributed by atoms with Gasteiger partial charge in [-0.3, -0.25) is 13.9 Å². The highest BCUT2D eigenvalue weighted by Gasteiger charge is 2.65. The molecule has 0 unspecified atom stereocenters. The molecule has 0 aliphatic carbocycles. The van der Waals surface area contributed by atoms with Crippen LogP contribution in [0.4, 0.5) is 0 Å². The largest absolute Gasteiger partial charge is 0.480 e. The van der Waals surface area contributed by atoms with E-state index in [2.05, 4.69) is 0 Å². The molecule has 10 heteroatoms. The molecular weight excluding hydrogens is 238 g/mol. The quantitative estimate of drug-likeness (QED) is 0.418. The van der Waals surface area contributed by atoms with E-state index in [-0.39, 0.29) is 0 Å². The van der Waals surface area contributed by atoms with Crippen molar-refractivity contribution in [2.24, 2.45) is 0 Å². The Balaban J connectivity index is 5.85. The monoisotopic (exact) mass is 248 g/mol. The number of carbonyl (C=O) groups is 1. The van der Waals surface area contributed by atoms with E-state index in [1.807, 2.05) is 0 Å². The minimum Gasteiger partial charge on any atom is -0.480 e. The number of hydrogen-bond donors (Lipinski definition) is 5. The predicted octanol–water partition coefficient (Wildman–Crippen LogP) is -0.467. The summed E-state index contributed by atoms with van der Waals surface area (Å²) >= 11 is 0. The maximum atomic E-state index is 10.8. The van der Waals surface area contributed by atoms with E-state index in [0.29, 0.717) is 0 Å². The summed E-state index contributed by atoms with van der Waals surface area (Å²) in [4.78, 5) is 41.9. The van der Waals surface area contributed by atoms with Crippen LogP contribution in [0.5, 0.6) is 0 Å². The molecule has 0 spiro atoms. The van der Waals surface area contributed by atoms with Crippen LogP contribution in [0.1, 0.15) is 13.3 Å². The van der Waals surface area contributed by atoms with Crippen LogP contribution in [0.2, 0.25) is 0 Å². The van der Waals surface area contributed by atoms with Crippen LogP contribution in [0.25, 0.3) is 0 Å². The second kappa shape index (κ2) is 3.73. The maximum absolute atomic E-state index is 10.8. The lowest BCUT2D eigenvalue weighted by Gasteiger charge is -2.28. The van der Waals surface area contributed by atoms with Gasteiger partial charge in [0.15, 0.2) is 0 Å². The fourth-order valence-electron chi connectivity index (χ4n) is 0.982. The highest BCUT2D eigenvalue weighted by Crippen LogP contribution is 2.70. The first-order valence-electron chi connectivity index (χ1n) is 3.35. The van der Waals surface area contributed by atoms with Gasteiger partial charge in [0.05, 0.1) is 0 Å². The zero-order chi connectivity index (χ0) is 11.8. The van der Waals surface area contributed by atoms with Gasteiger partial charge in [-0.2, -0.15) is 0 Å². The molecule has 0 fully saturated rings. The average molecular weight is 248 g/mol. The van der Waals surface area contributed by atoms with Crippen LogP contribution >= 0.6 is 15.2 Å². The van der Waals surface area contributed by atoms with Gasteiger partial charge in [0.1, 0.15) is 0 Å². The molecule has 5 N–H and O–H groups in total. The Labute approximate surface area is 78.9 Å². The van der Waals surface area contributed by atoms with Crippen LogP contribution in [0.3, 0.4) is 0 Å². The molecule has 0 atom stereocenters.